The lowest BCUT2D eigenvalue weighted by atomic mass is 10.00. The minimum atomic E-state index is -0.529. The SMILES string of the molecule is Cc1ccc(/C(=C\c2ccc(C(=O)NCc3ccc(C(=O)CO)cc3)cc2)C(=O)NC2CC2)cc1. The molecule has 0 aromatic heterocycles. The molecule has 1 aliphatic rings. The predicted octanol–water partition coefficient (Wildman–Crippen LogP) is 3.92. The largest absolute Gasteiger partial charge is 0.388 e. The fourth-order valence-electron chi connectivity index (χ4n) is 3.59. The molecule has 1 aliphatic carbocycles. The Morgan fingerprint density at radius 2 is 1.46 bits per heavy atom. The third kappa shape index (κ3) is 6.52. The van der Waals surface area contributed by atoms with Gasteiger partial charge >= 0.3 is 0 Å². The highest BCUT2D eigenvalue weighted by molar-refractivity contribution is 6.24. The van der Waals surface area contributed by atoms with Gasteiger partial charge in [0.2, 0.25) is 0 Å². The lowest BCUT2D eigenvalue weighted by molar-refractivity contribution is -0.115. The van der Waals surface area contributed by atoms with Crippen molar-refractivity contribution < 1.29 is 19.5 Å². The van der Waals surface area contributed by atoms with Crippen LogP contribution in [0.5, 0.6) is 0 Å². The summed E-state index contributed by atoms with van der Waals surface area (Å²) in [6.45, 7) is 1.79. The monoisotopic (exact) mass is 468 g/mol. The van der Waals surface area contributed by atoms with Gasteiger partial charge in [-0.25, -0.2) is 0 Å². The summed E-state index contributed by atoms with van der Waals surface area (Å²) in [5, 5.41) is 14.9. The average Bonchev–Trinajstić information content (AvgIpc) is 3.70. The molecule has 1 fully saturated rings. The van der Waals surface area contributed by atoms with E-state index in [4.69, 9.17) is 5.11 Å². The molecule has 0 saturated heterocycles. The van der Waals surface area contributed by atoms with E-state index in [0.29, 0.717) is 23.2 Å². The molecule has 0 spiro atoms. The fourth-order valence-corrected chi connectivity index (χ4v) is 3.59. The van der Waals surface area contributed by atoms with E-state index in [0.717, 1.165) is 35.1 Å². The number of aryl methyl sites for hydroxylation is 1. The van der Waals surface area contributed by atoms with Crippen LogP contribution in [0.4, 0.5) is 0 Å². The highest BCUT2D eigenvalue weighted by Crippen LogP contribution is 2.24. The molecule has 2 amide bonds. The van der Waals surface area contributed by atoms with Gasteiger partial charge in [-0.2, -0.15) is 0 Å². The molecular formula is C29H28N2O4. The Bertz CT molecular complexity index is 1240. The summed E-state index contributed by atoms with van der Waals surface area (Å²) in [6.07, 6.45) is 3.88. The van der Waals surface area contributed by atoms with Crippen LogP contribution in [0.3, 0.4) is 0 Å². The second-order valence-electron chi connectivity index (χ2n) is 8.75. The maximum absolute atomic E-state index is 12.9. The Morgan fingerprint density at radius 1 is 0.857 bits per heavy atom. The molecule has 0 unspecified atom stereocenters. The smallest absolute Gasteiger partial charge is 0.252 e. The number of nitrogens with one attached hydrogen (secondary N) is 2. The number of aliphatic hydroxyl groups excluding tert-OH is 1. The van der Waals surface area contributed by atoms with Gasteiger partial charge in [0.1, 0.15) is 6.61 Å². The van der Waals surface area contributed by atoms with Crippen LogP contribution in [-0.4, -0.2) is 35.4 Å². The number of hydrogen-bond acceptors (Lipinski definition) is 4. The molecule has 0 radical (unpaired) electrons. The van der Waals surface area contributed by atoms with Crippen LogP contribution in [0, 0.1) is 6.92 Å². The number of hydrogen-bond donors (Lipinski definition) is 3. The number of ketones is 1. The van der Waals surface area contributed by atoms with Gasteiger partial charge in [-0.05, 0) is 54.7 Å². The van der Waals surface area contributed by atoms with Crippen molar-refractivity contribution in [2.45, 2.75) is 32.4 Å². The minimum Gasteiger partial charge on any atom is -0.388 e. The summed E-state index contributed by atoms with van der Waals surface area (Å²) < 4.78 is 0. The summed E-state index contributed by atoms with van der Waals surface area (Å²) in [5.41, 5.74) is 5.18. The second kappa shape index (κ2) is 10.9. The van der Waals surface area contributed by atoms with Crippen molar-refractivity contribution in [3.05, 3.63) is 106 Å². The maximum Gasteiger partial charge on any atom is 0.252 e. The van der Waals surface area contributed by atoms with Gasteiger partial charge in [0.15, 0.2) is 5.78 Å². The van der Waals surface area contributed by atoms with E-state index in [9.17, 15) is 14.4 Å². The maximum atomic E-state index is 12.9. The predicted molar refractivity (Wildman–Crippen MR) is 136 cm³/mol. The number of Topliss-reactive ketones (excluding diaryl/α,β-unsaturated/α-hetero) is 1. The van der Waals surface area contributed by atoms with Crippen LogP contribution >= 0.6 is 0 Å². The van der Waals surface area contributed by atoms with Crippen LogP contribution in [-0.2, 0) is 11.3 Å². The first-order valence-corrected chi connectivity index (χ1v) is 11.6. The molecule has 6 nitrogen and oxygen atoms in total. The van der Waals surface area contributed by atoms with Gasteiger partial charge in [0.25, 0.3) is 11.8 Å². The summed E-state index contributed by atoms with van der Waals surface area (Å²) in [5.74, 6) is -0.656. The minimum absolute atomic E-state index is 0.0927. The molecular weight excluding hydrogens is 440 g/mol. The third-order valence-electron chi connectivity index (χ3n) is 5.88. The molecule has 3 N–H and O–H groups in total. The van der Waals surface area contributed by atoms with Crippen molar-refractivity contribution in [3.63, 3.8) is 0 Å². The molecule has 6 heteroatoms. The number of aliphatic hydroxyl groups is 1. The standard InChI is InChI=1S/C29H28N2O4/c1-19-2-8-22(9-3-19)26(29(35)31-25-14-15-25)16-20-4-12-24(13-5-20)28(34)30-17-21-6-10-23(11-7-21)27(33)18-32/h2-13,16,25,32H,14-15,17-18H2,1H3,(H,30,34)(H,31,35)/b26-16+. The number of amides is 2. The van der Waals surface area contributed by atoms with Crippen molar-refractivity contribution in [2.75, 3.05) is 6.61 Å². The van der Waals surface area contributed by atoms with Crippen LogP contribution in [0.15, 0.2) is 72.8 Å². The molecule has 35 heavy (non-hydrogen) atoms. The highest BCUT2D eigenvalue weighted by atomic mass is 16.3. The Morgan fingerprint density at radius 3 is 2.06 bits per heavy atom. The molecule has 178 valence electrons. The Hall–Kier alpha value is -4.03. The molecule has 3 aromatic carbocycles. The van der Waals surface area contributed by atoms with Crippen LogP contribution in [0.1, 0.15) is 55.8 Å². The van der Waals surface area contributed by atoms with Crippen molar-refractivity contribution >= 4 is 29.2 Å². The Kier molecular flexibility index (Phi) is 7.53. The van der Waals surface area contributed by atoms with Gasteiger partial charge in [0.05, 0.1) is 0 Å². The Balaban J connectivity index is 1.44. The summed E-state index contributed by atoms with van der Waals surface area (Å²) >= 11 is 0. The molecule has 0 bridgehead atoms. The fraction of sp³-hybridized carbons (Fsp3) is 0.207. The first-order chi connectivity index (χ1) is 16.9. The molecule has 0 atom stereocenters. The quantitative estimate of drug-likeness (QED) is 0.252. The zero-order valence-corrected chi connectivity index (χ0v) is 19.6. The first-order valence-electron chi connectivity index (χ1n) is 11.6. The van der Waals surface area contributed by atoms with E-state index in [1.54, 1.807) is 36.4 Å². The van der Waals surface area contributed by atoms with Crippen molar-refractivity contribution in [3.8, 4) is 0 Å². The van der Waals surface area contributed by atoms with Crippen LogP contribution in [0.2, 0.25) is 0 Å². The van der Waals surface area contributed by atoms with Crippen molar-refractivity contribution in [1.82, 2.24) is 10.6 Å². The lowest BCUT2D eigenvalue weighted by Crippen LogP contribution is -2.26. The highest BCUT2D eigenvalue weighted by Gasteiger charge is 2.25. The van der Waals surface area contributed by atoms with E-state index >= 15 is 0 Å². The second-order valence-corrected chi connectivity index (χ2v) is 8.75. The zero-order valence-electron chi connectivity index (χ0n) is 19.6. The Labute approximate surface area is 204 Å². The number of carbonyl (C=O) groups excluding carboxylic acids is 3. The summed E-state index contributed by atoms with van der Waals surface area (Å²) in [4.78, 5) is 37.0. The van der Waals surface area contributed by atoms with E-state index < -0.39 is 6.61 Å². The van der Waals surface area contributed by atoms with Crippen molar-refractivity contribution in [1.29, 1.82) is 0 Å². The number of carbonyl (C=O) groups is 3. The zero-order chi connectivity index (χ0) is 24.8. The van der Waals surface area contributed by atoms with Crippen molar-refractivity contribution in [2.24, 2.45) is 0 Å². The normalized spacial score (nSPS) is 13.3. The van der Waals surface area contributed by atoms with Gasteiger partial charge in [-0.1, -0.05) is 66.2 Å². The summed E-state index contributed by atoms with van der Waals surface area (Å²) in [6, 6.07) is 22.0. The molecule has 1 saturated carbocycles. The van der Waals surface area contributed by atoms with E-state index in [-0.39, 0.29) is 23.6 Å². The number of benzene rings is 3. The van der Waals surface area contributed by atoms with E-state index in [1.165, 1.54) is 0 Å². The average molecular weight is 469 g/mol. The lowest BCUT2D eigenvalue weighted by Gasteiger charge is -2.10. The van der Waals surface area contributed by atoms with Gasteiger partial charge < -0.3 is 15.7 Å². The van der Waals surface area contributed by atoms with E-state index in [1.807, 2.05) is 49.4 Å². The van der Waals surface area contributed by atoms with Crippen LogP contribution < -0.4 is 10.6 Å². The molecule has 4 rings (SSSR count). The van der Waals surface area contributed by atoms with Crippen LogP contribution in [0.25, 0.3) is 11.6 Å². The number of rotatable bonds is 9. The van der Waals surface area contributed by atoms with Gasteiger partial charge in [-0.15, -0.1) is 0 Å². The first kappa shape index (κ1) is 24.1. The third-order valence-corrected chi connectivity index (χ3v) is 5.88. The molecule has 3 aromatic rings. The molecule has 0 aliphatic heterocycles. The van der Waals surface area contributed by atoms with E-state index in [2.05, 4.69) is 10.6 Å². The topological polar surface area (TPSA) is 95.5 Å². The van der Waals surface area contributed by atoms with Gasteiger partial charge in [-0.3, -0.25) is 14.4 Å². The van der Waals surface area contributed by atoms with Gasteiger partial charge in [0, 0.05) is 29.3 Å². The summed E-state index contributed by atoms with van der Waals surface area (Å²) in [7, 11) is 0. The molecule has 0 heterocycles.